The van der Waals surface area contributed by atoms with Gasteiger partial charge in [0.25, 0.3) is 5.91 Å². The van der Waals surface area contributed by atoms with Gasteiger partial charge in [-0.25, -0.2) is 9.97 Å². The molecule has 2 aliphatic rings. The van der Waals surface area contributed by atoms with Crippen LogP contribution in [-0.2, 0) is 21.6 Å². The Hall–Kier alpha value is -3.56. The van der Waals surface area contributed by atoms with Crippen molar-refractivity contribution in [2.24, 2.45) is 0 Å². The van der Waals surface area contributed by atoms with Gasteiger partial charge < -0.3 is 20.3 Å². The number of fused-ring (bicyclic) bond motifs is 1. The number of nitrogens with zero attached hydrogens (tertiary/aromatic N) is 4. The highest BCUT2D eigenvalue weighted by molar-refractivity contribution is 6.33. The van der Waals surface area contributed by atoms with Crippen molar-refractivity contribution in [1.29, 1.82) is 0 Å². The number of benzene rings is 1. The number of ether oxygens (including phenoxy) is 1. The average molecular weight is 521 g/mol. The van der Waals surface area contributed by atoms with Crippen molar-refractivity contribution in [2.75, 3.05) is 25.1 Å². The molecule has 2 N–H and O–H groups in total. The van der Waals surface area contributed by atoms with Crippen molar-refractivity contribution in [3.05, 3.63) is 70.6 Å². The molecule has 1 aromatic carbocycles. The summed E-state index contributed by atoms with van der Waals surface area (Å²) in [5.74, 6) is 0.0417. The first-order chi connectivity index (χ1) is 17.8. The highest BCUT2D eigenvalue weighted by Crippen LogP contribution is 2.32. The maximum Gasteiger partial charge on any atom is 0.254 e. The Morgan fingerprint density at radius 3 is 2.76 bits per heavy atom. The molecule has 2 amide bonds. The monoisotopic (exact) mass is 520 g/mol. The second kappa shape index (κ2) is 10.4. The molecule has 2 aliphatic heterocycles. The van der Waals surface area contributed by atoms with E-state index in [-0.39, 0.29) is 24.4 Å². The van der Waals surface area contributed by atoms with E-state index in [1.54, 1.807) is 18.5 Å². The predicted octanol–water partition coefficient (Wildman–Crippen LogP) is 3.79. The van der Waals surface area contributed by atoms with Crippen LogP contribution in [0.15, 0.2) is 48.8 Å². The van der Waals surface area contributed by atoms with Crippen LogP contribution < -0.4 is 10.6 Å². The summed E-state index contributed by atoms with van der Waals surface area (Å²) in [6.45, 7) is 5.50. The maximum atomic E-state index is 13.2. The Balaban J connectivity index is 1.29. The number of rotatable bonds is 7. The average Bonchev–Trinajstić information content (AvgIpc) is 3.20. The lowest BCUT2D eigenvalue weighted by Crippen LogP contribution is -2.46. The maximum absolute atomic E-state index is 13.2. The van der Waals surface area contributed by atoms with Crippen LogP contribution in [0, 0.1) is 0 Å². The van der Waals surface area contributed by atoms with Gasteiger partial charge in [-0.2, -0.15) is 0 Å². The van der Waals surface area contributed by atoms with Crippen LogP contribution in [0.2, 0.25) is 5.02 Å². The number of anilines is 1. The van der Waals surface area contributed by atoms with Crippen LogP contribution in [0.3, 0.4) is 0 Å². The van der Waals surface area contributed by atoms with E-state index >= 15 is 0 Å². The molecule has 10 heteroatoms. The Morgan fingerprint density at radius 2 is 2.00 bits per heavy atom. The first-order valence-electron chi connectivity index (χ1n) is 12.3. The number of pyridine rings is 1. The van der Waals surface area contributed by atoms with Crippen molar-refractivity contribution in [1.82, 2.24) is 25.2 Å². The lowest BCUT2D eigenvalue weighted by Gasteiger charge is -2.27. The molecule has 0 unspecified atom stereocenters. The van der Waals surface area contributed by atoms with Crippen molar-refractivity contribution in [2.45, 2.75) is 44.8 Å². The van der Waals surface area contributed by atoms with Crippen molar-refractivity contribution < 1.29 is 14.3 Å². The summed E-state index contributed by atoms with van der Waals surface area (Å²) in [6.07, 6.45) is 5.03. The van der Waals surface area contributed by atoms with Crippen LogP contribution in [0.4, 0.5) is 5.95 Å². The number of hydrogen-bond acceptors (Lipinski definition) is 7. The first kappa shape index (κ1) is 25.1. The zero-order chi connectivity index (χ0) is 26.0. The minimum absolute atomic E-state index is 0.0491. The molecule has 0 aliphatic carbocycles. The van der Waals surface area contributed by atoms with Gasteiger partial charge in [0, 0.05) is 43.1 Å². The molecule has 0 atom stereocenters. The van der Waals surface area contributed by atoms with Gasteiger partial charge in [-0.1, -0.05) is 29.8 Å². The summed E-state index contributed by atoms with van der Waals surface area (Å²) < 4.78 is 5.41. The zero-order valence-electron chi connectivity index (χ0n) is 20.8. The second-order valence-electron chi connectivity index (χ2n) is 9.84. The summed E-state index contributed by atoms with van der Waals surface area (Å²) in [5.41, 5.74) is 2.75. The Bertz CT molecular complexity index is 1310. The third kappa shape index (κ3) is 5.57. The molecule has 0 spiro atoms. The number of halogens is 1. The number of amides is 2. The molecule has 0 radical (unpaired) electrons. The Labute approximate surface area is 220 Å². The quantitative estimate of drug-likeness (QED) is 0.487. The SMILES string of the molecule is CC(C)(NC(=O)CN1Cc2ccc(-c3nc(NC4CCOCC4)ncc3Cl)cc2C1=O)c1ccccn1. The second-order valence-corrected chi connectivity index (χ2v) is 10.2. The number of aromatic nitrogens is 3. The van der Waals surface area contributed by atoms with Gasteiger partial charge in [-0.05, 0) is 50.5 Å². The summed E-state index contributed by atoms with van der Waals surface area (Å²) in [5, 5.41) is 6.74. The summed E-state index contributed by atoms with van der Waals surface area (Å²) in [4.78, 5) is 40.9. The van der Waals surface area contributed by atoms with Crippen LogP contribution >= 0.6 is 11.6 Å². The highest BCUT2D eigenvalue weighted by Gasteiger charge is 2.31. The van der Waals surface area contributed by atoms with Crippen molar-refractivity contribution in [3.8, 4) is 11.3 Å². The fourth-order valence-corrected chi connectivity index (χ4v) is 4.86. The van der Waals surface area contributed by atoms with E-state index in [9.17, 15) is 9.59 Å². The number of carbonyl (C=O) groups is 2. The van der Waals surface area contributed by atoms with Crippen molar-refractivity contribution in [3.63, 3.8) is 0 Å². The smallest absolute Gasteiger partial charge is 0.254 e. The molecule has 3 aromatic rings. The lowest BCUT2D eigenvalue weighted by molar-refractivity contribution is -0.123. The standard InChI is InChI=1S/C27H29ClN6O3/c1-27(2,22-5-3-4-10-29-22)33-23(35)16-34-15-18-7-6-17(13-20(18)25(34)36)24-21(28)14-30-26(32-24)31-19-8-11-37-12-9-19/h3-7,10,13-14,19H,8-9,11-12,15-16H2,1-2H3,(H,33,35)(H,30,31,32). The van der Waals surface area contributed by atoms with Crippen molar-refractivity contribution >= 4 is 29.4 Å². The third-order valence-electron chi connectivity index (χ3n) is 6.65. The Kier molecular flexibility index (Phi) is 7.08. The topological polar surface area (TPSA) is 109 Å². The largest absolute Gasteiger partial charge is 0.381 e. The molecule has 0 saturated carbocycles. The fourth-order valence-electron chi connectivity index (χ4n) is 4.66. The molecule has 5 rings (SSSR count). The van der Waals surface area contributed by atoms with E-state index in [1.165, 1.54) is 4.90 Å². The molecule has 1 fully saturated rings. The molecule has 0 bridgehead atoms. The fraction of sp³-hybridized carbons (Fsp3) is 0.370. The number of hydrogen-bond donors (Lipinski definition) is 2. The zero-order valence-corrected chi connectivity index (χ0v) is 21.6. The molecular weight excluding hydrogens is 492 g/mol. The van der Waals surface area contributed by atoms with Crippen LogP contribution in [0.1, 0.15) is 48.3 Å². The molecule has 37 heavy (non-hydrogen) atoms. The molecule has 192 valence electrons. The minimum atomic E-state index is -0.665. The van der Waals surface area contributed by atoms with E-state index in [2.05, 4.69) is 25.6 Å². The van der Waals surface area contributed by atoms with Gasteiger partial charge in [-0.3, -0.25) is 14.6 Å². The molecule has 1 saturated heterocycles. The number of carbonyl (C=O) groups excluding carboxylic acids is 2. The third-order valence-corrected chi connectivity index (χ3v) is 6.93. The van der Waals surface area contributed by atoms with Gasteiger partial charge in [0.05, 0.1) is 28.1 Å². The number of nitrogens with one attached hydrogen (secondary N) is 2. The van der Waals surface area contributed by atoms with E-state index in [0.29, 0.717) is 42.0 Å². The van der Waals surface area contributed by atoms with Gasteiger partial charge in [-0.15, -0.1) is 0 Å². The van der Waals surface area contributed by atoms with Gasteiger partial charge >= 0.3 is 0 Å². The van der Waals surface area contributed by atoms with Crippen LogP contribution in [0.5, 0.6) is 0 Å². The van der Waals surface area contributed by atoms with E-state index in [1.807, 2.05) is 44.2 Å². The predicted molar refractivity (Wildman–Crippen MR) is 140 cm³/mol. The normalized spacial score (nSPS) is 16.0. The van der Waals surface area contributed by atoms with E-state index in [4.69, 9.17) is 16.3 Å². The first-order valence-corrected chi connectivity index (χ1v) is 12.7. The molecule has 2 aromatic heterocycles. The summed E-state index contributed by atoms with van der Waals surface area (Å²) >= 11 is 6.44. The highest BCUT2D eigenvalue weighted by atomic mass is 35.5. The Morgan fingerprint density at radius 1 is 1.19 bits per heavy atom. The van der Waals surface area contributed by atoms with Crippen LogP contribution in [0.25, 0.3) is 11.3 Å². The molecular formula is C27H29ClN6O3. The van der Waals surface area contributed by atoms with E-state index in [0.717, 1.165) is 29.7 Å². The summed E-state index contributed by atoms with van der Waals surface area (Å²) in [6, 6.07) is 11.4. The summed E-state index contributed by atoms with van der Waals surface area (Å²) in [7, 11) is 0. The lowest BCUT2D eigenvalue weighted by atomic mass is 10.00. The molecule has 9 nitrogen and oxygen atoms in total. The van der Waals surface area contributed by atoms with Gasteiger partial charge in [0.2, 0.25) is 11.9 Å². The minimum Gasteiger partial charge on any atom is -0.381 e. The van der Waals surface area contributed by atoms with E-state index < -0.39 is 5.54 Å². The molecule has 4 heterocycles. The van der Waals surface area contributed by atoms with Gasteiger partial charge in [0.15, 0.2) is 0 Å². The van der Waals surface area contributed by atoms with Crippen LogP contribution in [-0.4, -0.2) is 57.5 Å². The van der Waals surface area contributed by atoms with Gasteiger partial charge in [0.1, 0.15) is 6.54 Å².